The number of halogens is 1. The number of ether oxygens (including phenoxy) is 1. The quantitative estimate of drug-likeness (QED) is 0.638. The van der Waals surface area contributed by atoms with Crippen molar-refractivity contribution in [2.75, 3.05) is 36.4 Å². The summed E-state index contributed by atoms with van der Waals surface area (Å²) in [5.41, 5.74) is 2.50. The van der Waals surface area contributed by atoms with Crippen molar-refractivity contribution in [1.82, 2.24) is 4.90 Å². The van der Waals surface area contributed by atoms with E-state index < -0.39 is 0 Å². The number of carbonyl (C=O) groups is 1. The standard InChI is InChI=1S/C24H24FN3O3/c25-19-5-2-9-23(15-19)31-17-18-4-1-6-20(14-18)26-24(30)28-12-10-27(11-13-28)21-7-3-8-22(29)16-21/h1-9,14-16,29H,10-13,17H2,(H,26,30). The van der Waals surface area contributed by atoms with Gasteiger partial charge in [-0.3, -0.25) is 0 Å². The number of nitrogens with zero attached hydrogens (tertiary/aromatic N) is 2. The molecule has 0 radical (unpaired) electrons. The number of hydrogen-bond donors (Lipinski definition) is 2. The predicted octanol–water partition coefficient (Wildman–Crippen LogP) is 4.46. The van der Waals surface area contributed by atoms with Crippen LogP contribution in [0.3, 0.4) is 0 Å². The van der Waals surface area contributed by atoms with Crippen molar-refractivity contribution >= 4 is 17.4 Å². The van der Waals surface area contributed by atoms with Gasteiger partial charge in [0.1, 0.15) is 23.9 Å². The van der Waals surface area contributed by atoms with Gasteiger partial charge in [0.25, 0.3) is 0 Å². The van der Waals surface area contributed by atoms with Crippen LogP contribution in [0.15, 0.2) is 72.8 Å². The summed E-state index contributed by atoms with van der Waals surface area (Å²) in [7, 11) is 0. The normalized spacial score (nSPS) is 13.7. The number of piperazine rings is 1. The molecule has 2 N–H and O–H groups in total. The number of hydrogen-bond acceptors (Lipinski definition) is 4. The summed E-state index contributed by atoms with van der Waals surface area (Å²) in [4.78, 5) is 16.6. The van der Waals surface area contributed by atoms with Gasteiger partial charge < -0.3 is 25.0 Å². The van der Waals surface area contributed by atoms with Gasteiger partial charge in [-0.2, -0.15) is 0 Å². The van der Waals surface area contributed by atoms with Gasteiger partial charge >= 0.3 is 6.03 Å². The van der Waals surface area contributed by atoms with E-state index in [9.17, 15) is 14.3 Å². The molecule has 4 rings (SSSR count). The molecule has 3 aromatic rings. The highest BCUT2D eigenvalue weighted by atomic mass is 19.1. The summed E-state index contributed by atoms with van der Waals surface area (Å²) in [5.74, 6) is 0.348. The second-order valence-electron chi connectivity index (χ2n) is 7.37. The Morgan fingerprint density at radius 2 is 1.74 bits per heavy atom. The third kappa shape index (κ3) is 5.45. The van der Waals surface area contributed by atoms with Gasteiger partial charge in [-0.05, 0) is 42.0 Å². The molecule has 0 spiro atoms. The Bertz CT molecular complexity index is 1050. The molecule has 7 heteroatoms. The average Bonchev–Trinajstić information content (AvgIpc) is 2.78. The third-order valence-corrected chi connectivity index (χ3v) is 5.14. The van der Waals surface area contributed by atoms with E-state index in [0.29, 0.717) is 37.6 Å². The largest absolute Gasteiger partial charge is 0.508 e. The van der Waals surface area contributed by atoms with Crippen molar-refractivity contribution in [3.63, 3.8) is 0 Å². The molecule has 0 bridgehead atoms. The molecule has 6 nitrogen and oxygen atoms in total. The molecular weight excluding hydrogens is 397 g/mol. The molecule has 2 amide bonds. The summed E-state index contributed by atoms with van der Waals surface area (Å²) in [6.45, 7) is 2.83. The van der Waals surface area contributed by atoms with Crippen molar-refractivity contribution in [2.45, 2.75) is 6.61 Å². The molecule has 0 aromatic heterocycles. The van der Waals surface area contributed by atoms with E-state index in [0.717, 1.165) is 11.3 Å². The van der Waals surface area contributed by atoms with Gasteiger partial charge in [0.15, 0.2) is 0 Å². The van der Waals surface area contributed by atoms with E-state index in [1.165, 1.54) is 12.1 Å². The van der Waals surface area contributed by atoms with Gasteiger partial charge in [0.05, 0.1) is 0 Å². The zero-order valence-electron chi connectivity index (χ0n) is 17.0. The summed E-state index contributed by atoms with van der Waals surface area (Å²) < 4.78 is 18.9. The Morgan fingerprint density at radius 3 is 2.52 bits per heavy atom. The van der Waals surface area contributed by atoms with Gasteiger partial charge in [-0.15, -0.1) is 0 Å². The number of carbonyl (C=O) groups excluding carboxylic acids is 1. The number of nitrogens with one attached hydrogen (secondary N) is 1. The van der Waals surface area contributed by atoms with Gasteiger partial charge in [-0.1, -0.05) is 24.3 Å². The molecule has 1 saturated heterocycles. The summed E-state index contributed by atoms with van der Waals surface area (Å²) in [5, 5.41) is 12.6. The van der Waals surface area contributed by atoms with Crippen molar-refractivity contribution in [1.29, 1.82) is 0 Å². The van der Waals surface area contributed by atoms with Crippen molar-refractivity contribution in [3.8, 4) is 11.5 Å². The Morgan fingerprint density at radius 1 is 0.968 bits per heavy atom. The number of amides is 2. The van der Waals surface area contributed by atoms with Crippen molar-refractivity contribution in [2.24, 2.45) is 0 Å². The SMILES string of the molecule is O=C(Nc1cccc(COc2cccc(F)c2)c1)N1CCN(c2cccc(O)c2)CC1. The van der Waals surface area contributed by atoms with Crippen LogP contribution >= 0.6 is 0 Å². The number of rotatable bonds is 5. The molecule has 3 aromatic carbocycles. The van der Waals surface area contributed by atoms with Gasteiger partial charge in [0, 0.05) is 49.7 Å². The monoisotopic (exact) mass is 421 g/mol. The Hall–Kier alpha value is -3.74. The number of benzene rings is 3. The van der Waals surface area contributed by atoms with Gasteiger partial charge in [0.2, 0.25) is 0 Å². The minimum Gasteiger partial charge on any atom is -0.508 e. The van der Waals surface area contributed by atoms with E-state index in [2.05, 4.69) is 10.2 Å². The first-order valence-corrected chi connectivity index (χ1v) is 10.1. The lowest BCUT2D eigenvalue weighted by Crippen LogP contribution is -2.50. The van der Waals surface area contributed by atoms with E-state index in [4.69, 9.17) is 4.74 Å². The molecule has 1 heterocycles. The van der Waals surface area contributed by atoms with Crippen LogP contribution in [0.25, 0.3) is 0 Å². The maximum absolute atomic E-state index is 13.3. The zero-order valence-corrected chi connectivity index (χ0v) is 17.0. The predicted molar refractivity (Wildman–Crippen MR) is 118 cm³/mol. The lowest BCUT2D eigenvalue weighted by Gasteiger charge is -2.36. The van der Waals surface area contributed by atoms with Crippen LogP contribution in [0, 0.1) is 5.82 Å². The summed E-state index contributed by atoms with van der Waals surface area (Å²) in [6.07, 6.45) is 0. The van der Waals surface area contributed by atoms with Crippen LogP contribution < -0.4 is 15.0 Å². The highest BCUT2D eigenvalue weighted by molar-refractivity contribution is 5.89. The Kier molecular flexibility index (Phi) is 6.21. The average molecular weight is 421 g/mol. The van der Waals surface area contributed by atoms with Crippen LogP contribution in [-0.2, 0) is 6.61 Å². The number of aromatic hydroxyl groups is 1. The number of phenols is 1. The molecular formula is C24H24FN3O3. The molecule has 1 fully saturated rings. The molecule has 1 aliphatic heterocycles. The van der Waals surface area contributed by atoms with E-state index in [1.54, 1.807) is 29.2 Å². The van der Waals surface area contributed by atoms with E-state index in [1.807, 2.05) is 36.4 Å². The molecule has 0 atom stereocenters. The molecule has 0 saturated carbocycles. The lowest BCUT2D eigenvalue weighted by atomic mass is 10.2. The molecule has 1 aliphatic rings. The van der Waals surface area contributed by atoms with Crippen LogP contribution in [0.5, 0.6) is 11.5 Å². The van der Waals surface area contributed by atoms with Crippen LogP contribution in [0.1, 0.15) is 5.56 Å². The number of anilines is 2. The second kappa shape index (κ2) is 9.38. The first-order chi connectivity index (χ1) is 15.1. The minimum absolute atomic E-state index is 0.154. The van der Waals surface area contributed by atoms with Crippen molar-refractivity contribution < 1.29 is 19.0 Å². The summed E-state index contributed by atoms with van der Waals surface area (Å²) in [6, 6.07) is 20.4. The van der Waals surface area contributed by atoms with E-state index in [-0.39, 0.29) is 24.2 Å². The minimum atomic E-state index is -0.345. The Labute approximate surface area is 180 Å². The number of urea groups is 1. The third-order valence-electron chi connectivity index (χ3n) is 5.14. The maximum atomic E-state index is 13.3. The fourth-order valence-corrected chi connectivity index (χ4v) is 3.52. The van der Waals surface area contributed by atoms with Crippen molar-refractivity contribution in [3.05, 3.63) is 84.2 Å². The summed E-state index contributed by atoms with van der Waals surface area (Å²) >= 11 is 0. The molecule has 31 heavy (non-hydrogen) atoms. The van der Waals surface area contributed by atoms with Crippen LogP contribution in [-0.4, -0.2) is 42.2 Å². The smallest absolute Gasteiger partial charge is 0.321 e. The zero-order chi connectivity index (χ0) is 21.6. The Balaban J connectivity index is 1.30. The maximum Gasteiger partial charge on any atom is 0.321 e. The number of phenolic OH excluding ortho intramolecular Hbond substituents is 1. The van der Waals surface area contributed by atoms with E-state index >= 15 is 0 Å². The second-order valence-corrected chi connectivity index (χ2v) is 7.37. The first kappa shape index (κ1) is 20.5. The highest BCUT2D eigenvalue weighted by Gasteiger charge is 2.21. The highest BCUT2D eigenvalue weighted by Crippen LogP contribution is 2.22. The fraction of sp³-hybridized carbons (Fsp3) is 0.208. The van der Waals surface area contributed by atoms with Crippen LogP contribution in [0.4, 0.5) is 20.6 Å². The molecule has 160 valence electrons. The molecule has 0 aliphatic carbocycles. The molecule has 0 unspecified atom stereocenters. The van der Waals surface area contributed by atoms with Crippen LogP contribution in [0.2, 0.25) is 0 Å². The first-order valence-electron chi connectivity index (χ1n) is 10.1. The fourth-order valence-electron chi connectivity index (χ4n) is 3.52. The lowest BCUT2D eigenvalue weighted by molar-refractivity contribution is 0.208. The topological polar surface area (TPSA) is 65.0 Å². The van der Waals surface area contributed by atoms with Gasteiger partial charge in [-0.25, -0.2) is 9.18 Å².